The molecule has 5 rings (SSSR count). The highest BCUT2D eigenvalue weighted by molar-refractivity contribution is 7.99. The van der Waals surface area contributed by atoms with E-state index in [0.717, 1.165) is 39.8 Å². The molecule has 1 unspecified atom stereocenters. The quantitative estimate of drug-likeness (QED) is 0.421. The van der Waals surface area contributed by atoms with E-state index in [4.69, 9.17) is 4.74 Å². The molecule has 1 atom stereocenters. The number of phenols is 1. The van der Waals surface area contributed by atoms with Gasteiger partial charge in [0.1, 0.15) is 27.7 Å². The Kier molecular flexibility index (Phi) is 4.89. The molecule has 0 fully saturated rings. The third-order valence-corrected chi connectivity index (χ3v) is 7.62. The lowest BCUT2D eigenvalue weighted by Gasteiger charge is -2.22. The van der Waals surface area contributed by atoms with Gasteiger partial charge in [0, 0.05) is 15.2 Å². The number of ether oxygens (including phenoxy) is 1. The van der Waals surface area contributed by atoms with Crippen LogP contribution in [-0.4, -0.2) is 22.2 Å². The second kappa shape index (κ2) is 7.69. The number of benzene rings is 2. The zero-order valence-corrected chi connectivity index (χ0v) is 17.6. The molecule has 2 heterocycles. The summed E-state index contributed by atoms with van der Waals surface area (Å²) in [5.74, 6) is 1.67. The monoisotopic (exact) mass is 420 g/mol. The molecule has 146 valence electrons. The molecular weight excluding hydrogens is 400 g/mol. The molecule has 0 radical (unpaired) electrons. The van der Waals surface area contributed by atoms with Crippen LogP contribution in [0, 0.1) is 0 Å². The minimum atomic E-state index is 0.322. The number of nitrogens with zero attached hydrogens (tertiary/aromatic N) is 2. The second-order valence-electron chi connectivity index (χ2n) is 7.17. The maximum Gasteiger partial charge on any atom is 0.128 e. The molecule has 4 aromatic rings. The van der Waals surface area contributed by atoms with Crippen molar-refractivity contribution in [2.24, 2.45) is 0 Å². The summed E-state index contributed by atoms with van der Waals surface area (Å²) in [6.07, 6.45) is 4.83. The minimum Gasteiger partial charge on any atom is -0.508 e. The smallest absolute Gasteiger partial charge is 0.128 e. The summed E-state index contributed by atoms with van der Waals surface area (Å²) in [5, 5.41) is 11.8. The molecule has 6 heteroatoms. The van der Waals surface area contributed by atoms with Gasteiger partial charge < -0.3 is 9.84 Å². The van der Waals surface area contributed by atoms with Crippen molar-refractivity contribution in [2.45, 2.75) is 35.1 Å². The van der Waals surface area contributed by atoms with E-state index in [-0.39, 0.29) is 0 Å². The summed E-state index contributed by atoms with van der Waals surface area (Å²) >= 11 is 3.48. The summed E-state index contributed by atoms with van der Waals surface area (Å²) < 4.78 is 5.26. The number of aryl methyl sites for hydroxylation is 1. The Morgan fingerprint density at radius 3 is 2.62 bits per heavy atom. The third-order valence-electron chi connectivity index (χ3n) is 5.45. The van der Waals surface area contributed by atoms with Gasteiger partial charge in [0.05, 0.1) is 7.11 Å². The Morgan fingerprint density at radius 2 is 1.86 bits per heavy atom. The number of aromatic nitrogens is 2. The van der Waals surface area contributed by atoms with Crippen LogP contribution in [0.2, 0.25) is 0 Å². The van der Waals surface area contributed by atoms with Gasteiger partial charge in [-0.2, -0.15) is 0 Å². The number of rotatable bonds is 4. The molecule has 0 aliphatic heterocycles. The molecule has 0 saturated heterocycles. The fourth-order valence-corrected chi connectivity index (χ4v) is 6.19. The molecule has 0 amide bonds. The van der Waals surface area contributed by atoms with Crippen LogP contribution in [0.4, 0.5) is 0 Å². The Hall–Kier alpha value is -2.57. The first kappa shape index (κ1) is 18.5. The van der Waals surface area contributed by atoms with Gasteiger partial charge in [0.25, 0.3) is 0 Å². The molecule has 0 spiro atoms. The average molecular weight is 421 g/mol. The Bertz CT molecular complexity index is 1150. The van der Waals surface area contributed by atoms with Crippen molar-refractivity contribution in [2.75, 3.05) is 7.11 Å². The summed E-state index contributed by atoms with van der Waals surface area (Å²) in [6, 6.07) is 15.7. The van der Waals surface area contributed by atoms with Crippen LogP contribution in [0.1, 0.15) is 28.3 Å². The molecule has 1 N–H and O–H groups in total. The normalized spacial score (nSPS) is 16.0. The van der Waals surface area contributed by atoms with Gasteiger partial charge in [-0.05, 0) is 72.7 Å². The first-order valence-electron chi connectivity index (χ1n) is 9.57. The number of phenolic OH excluding ortho intramolecular Hbond substituents is 1. The van der Waals surface area contributed by atoms with Gasteiger partial charge in [-0.15, -0.1) is 11.3 Å². The van der Waals surface area contributed by atoms with Crippen LogP contribution in [0.5, 0.6) is 11.5 Å². The zero-order valence-electron chi connectivity index (χ0n) is 16.0. The van der Waals surface area contributed by atoms with Gasteiger partial charge >= 0.3 is 0 Å². The first-order valence-corrected chi connectivity index (χ1v) is 11.2. The van der Waals surface area contributed by atoms with E-state index >= 15 is 0 Å². The van der Waals surface area contributed by atoms with E-state index in [1.165, 1.54) is 21.4 Å². The van der Waals surface area contributed by atoms with Crippen LogP contribution >= 0.6 is 23.1 Å². The van der Waals surface area contributed by atoms with Crippen molar-refractivity contribution in [1.82, 2.24) is 9.97 Å². The van der Waals surface area contributed by atoms with Crippen LogP contribution < -0.4 is 4.74 Å². The largest absolute Gasteiger partial charge is 0.508 e. The van der Waals surface area contributed by atoms with E-state index in [2.05, 4.69) is 22.1 Å². The van der Waals surface area contributed by atoms with Crippen LogP contribution in [0.3, 0.4) is 0 Å². The minimum absolute atomic E-state index is 0.322. The number of fused-ring (bicyclic) bond motifs is 3. The summed E-state index contributed by atoms with van der Waals surface area (Å²) in [4.78, 5) is 12.8. The van der Waals surface area contributed by atoms with E-state index in [9.17, 15) is 5.11 Å². The molecule has 29 heavy (non-hydrogen) atoms. The van der Waals surface area contributed by atoms with Gasteiger partial charge in [-0.25, -0.2) is 9.97 Å². The fourth-order valence-electron chi connectivity index (χ4n) is 3.95. The van der Waals surface area contributed by atoms with Gasteiger partial charge in [0.2, 0.25) is 0 Å². The zero-order chi connectivity index (χ0) is 19.8. The van der Waals surface area contributed by atoms with E-state index in [1.54, 1.807) is 48.7 Å². The number of hydrogen-bond acceptors (Lipinski definition) is 6. The lowest BCUT2D eigenvalue weighted by Crippen LogP contribution is -2.10. The van der Waals surface area contributed by atoms with Crippen LogP contribution in [0.25, 0.3) is 10.2 Å². The summed E-state index contributed by atoms with van der Waals surface area (Å²) in [5.41, 5.74) is 2.71. The predicted octanol–water partition coefficient (Wildman–Crippen LogP) is 5.83. The van der Waals surface area contributed by atoms with Crippen molar-refractivity contribution in [1.29, 1.82) is 0 Å². The standard InChI is InChI=1S/C23H20N2O2S2/c1-27-17-7-9-18(10-8-17)28-22-21-19-11-4-15(14-2-5-16(26)6-3-14)12-20(19)29-23(21)25-13-24-22/h2-3,5-10,13,15,26H,4,11-12H2,1H3. The predicted molar refractivity (Wildman–Crippen MR) is 117 cm³/mol. The third kappa shape index (κ3) is 3.58. The van der Waals surface area contributed by atoms with Crippen LogP contribution in [-0.2, 0) is 12.8 Å². The molecule has 1 aliphatic rings. The summed E-state index contributed by atoms with van der Waals surface area (Å²) in [7, 11) is 1.68. The Balaban J connectivity index is 1.47. The summed E-state index contributed by atoms with van der Waals surface area (Å²) in [6.45, 7) is 0. The Morgan fingerprint density at radius 1 is 1.07 bits per heavy atom. The average Bonchev–Trinajstić information content (AvgIpc) is 3.13. The fraction of sp³-hybridized carbons (Fsp3) is 0.217. The topological polar surface area (TPSA) is 55.2 Å². The molecule has 0 saturated carbocycles. The lowest BCUT2D eigenvalue weighted by atomic mass is 9.83. The maximum atomic E-state index is 9.57. The highest BCUT2D eigenvalue weighted by atomic mass is 32.2. The molecule has 4 nitrogen and oxygen atoms in total. The van der Waals surface area contributed by atoms with Gasteiger partial charge in [0.15, 0.2) is 0 Å². The lowest BCUT2D eigenvalue weighted by molar-refractivity contribution is 0.414. The van der Waals surface area contributed by atoms with Crippen molar-refractivity contribution < 1.29 is 9.84 Å². The number of aromatic hydroxyl groups is 1. The number of thiophene rings is 1. The maximum absolute atomic E-state index is 9.57. The molecule has 2 aromatic heterocycles. The molecule has 2 aromatic carbocycles. The van der Waals surface area contributed by atoms with E-state index in [1.807, 2.05) is 24.3 Å². The second-order valence-corrected chi connectivity index (χ2v) is 9.32. The van der Waals surface area contributed by atoms with Crippen molar-refractivity contribution in [3.05, 3.63) is 70.9 Å². The molecular formula is C23H20N2O2S2. The highest BCUT2D eigenvalue weighted by Gasteiger charge is 2.26. The van der Waals surface area contributed by atoms with Gasteiger partial charge in [-0.1, -0.05) is 23.9 Å². The van der Waals surface area contributed by atoms with E-state index in [0.29, 0.717) is 11.7 Å². The van der Waals surface area contributed by atoms with Crippen LogP contribution in [0.15, 0.2) is 64.8 Å². The molecule has 1 aliphatic carbocycles. The van der Waals surface area contributed by atoms with E-state index < -0.39 is 0 Å². The highest BCUT2D eigenvalue weighted by Crippen LogP contribution is 2.44. The SMILES string of the molecule is COc1ccc(Sc2ncnc3sc4c(c23)CCC(c2ccc(O)cc2)C4)cc1. The van der Waals surface area contributed by atoms with Crippen molar-refractivity contribution in [3.8, 4) is 11.5 Å². The van der Waals surface area contributed by atoms with Gasteiger partial charge in [-0.3, -0.25) is 0 Å². The Labute approximate surface area is 177 Å². The number of hydrogen-bond donors (Lipinski definition) is 1. The van der Waals surface area contributed by atoms with Crippen molar-refractivity contribution in [3.63, 3.8) is 0 Å². The first-order chi connectivity index (χ1) is 14.2. The number of methoxy groups -OCH3 is 1. The molecule has 0 bridgehead atoms. The van der Waals surface area contributed by atoms with Crippen molar-refractivity contribution >= 4 is 33.3 Å².